The summed E-state index contributed by atoms with van der Waals surface area (Å²) in [5.41, 5.74) is -0.998. The van der Waals surface area contributed by atoms with Crippen molar-refractivity contribution in [2.45, 2.75) is 35.2 Å². The van der Waals surface area contributed by atoms with Crippen LogP contribution in [0.1, 0.15) is 25.7 Å². The van der Waals surface area contributed by atoms with Gasteiger partial charge in [0, 0.05) is 3.92 Å². The first kappa shape index (κ1) is 8.28. The van der Waals surface area contributed by atoms with Gasteiger partial charge in [0.2, 0.25) is 0 Å². The standard InChI is InChI=1S/C7H10INO/c8-6-1-3-7(10,5-9)4-2-6/h6,10H,1-4H2. The molecular formula is C7H10INO. The van der Waals surface area contributed by atoms with Gasteiger partial charge < -0.3 is 5.11 Å². The van der Waals surface area contributed by atoms with Crippen molar-refractivity contribution < 1.29 is 5.11 Å². The molecule has 0 aliphatic heterocycles. The van der Waals surface area contributed by atoms with E-state index in [9.17, 15) is 5.11 Å². The van der Waals surface area contributed by atoms with Gasteiger partial charge in [-0.2, -0.15) is 5.26 Å². The molecule has 3 heteroatoms. The maximum Gasteiger partial charge on any atom is 0.151 e. The van der Waals surface area contributed by atoms with Crippen molar-refractivity contribution in [3.63, 3.8) is 0 Å². The zero-order valence-electron chi connectivity index (χ0n) is 5.68. The molecule has 0 aromatic carbocycles. The highest BCUT2D eigenvalue weighted by atomic mass is 127. The first-order valence-corrected chi connectivity index (χ1v) is 4.68. The Morgan fingerprint density at radius 3 is 2.40 bits per heavy atom. The Morgan fingerprint density at radius 2 is 2.00 bits per heavy atom. The number of hydrogen-bond acceptors (Lipinski definition) is 2. The Balaban J connectivity index is 2.48. The Labute approximate surface area is 74.4 Å². The zero-order chi connectivity index (χ0) is 7.61. The molecule has 1 saturated carbocycles. The van der Waals surface area contributed by atoms with E-state index in [1.54, 1.807) is 0 Å². The van der Waals surface area contributed by atoms with Crippen LogP contribution in [0.15, 0.2) is 0 Å². The van der Waals surface area contributed by atoms with Crippen LogP contribution in [0.4, 0.5) is 0 Å². The largest absolute Gasteiger partial charge is 0.375 e. The highest BCUT2D eigenvalue weighted by Crippen LogP contribution is 2.31. The molecule has 1 aliphatic rings. The fourth-order valence-corrected chi connectivity index (χ4v) is 1.79. The van der Waals surface area contributed by atoms with Gasteiger partial charge in [-0.3, -0.25) is 0 Å². The van der Waals surface area contributed by atoms with Crippen molar-refractivity contribution in [2.24, 2.45) is 0 Å². The molecule has 1 N–H and O–H groups in total. The van der Waals surface area contributed by atoms with E-state index in [4.69, 9.17) is 5.26 Å². The van der Waals surface area contributed by atoms with Crippen LogP contribution in [-0.4, -0.2) is 14.6 Å². The monoisotopic (exact) mass is 251 g/mol. The van der Waals surface area contributed by atoms with Gasteiger partial charge in [0.1, 0.15) is 0 Å². The number of aliphatic hydroxyl groups is 1. The highest BCUT2D eigenvalue weighted by Gasteiger charge is 2.31. The highest BCUT2D eigenvalue weighted by molar-refractivity contribution is 14.1. The average molecular weight is 251 g/mol. The number of nitriles is 1. The molecule has 1 rings (SSSR count). The first-order chi connectivity index (χ1) is 4.66. The number of rotatable bonds is 0. The van der Waals surface area contributed by atoms with Gasteiger partial charge in [-0.25, -0.2) is 0 Å². The zero-order valence-corrected chi connectivity index (χ0v) is 7.84. The van der Waals surface area contributed by atoms with E-state index >= 15 is 0 Å². The van der Waals surface area contributed by atoms with E-state index in [0.29, 0.717) is 16.8 Å². The molecule has 0 aromatic heterocycles. The fraction of sp³-hybridized carbons (Fsp3) is 0.857. The summed E-state index contributed by atoms with van der Waals surface area (Å²) in [4.78, 5) is 0. The summed E-state index contributed by atoms with van der Waals surface area (Å²) in [5.74, 6) is 0. The van der Waals surface area contributed by atoms with Crippen molar-refractivity contribution in [1.29, 1.82) is 5.26 Å². The maximum atomic E-state index is 9.43. The van der Waals surface area contributed by atoms with E-state index in [1.807, 2.05) is 6.07 Å². The minimum absolute atomic E-state index is 0.650. The van der Waals surface area contributed by atoms with Crippen molar-refractivity contribution in [3.05, 3.63) is 0 Å². The van der Waals surface area contributed by atoms with Gasteiger partial charge in [0.05, 0.1) is 6.07 Å². The average Bonchev–Trinajstić information content (AvgIpc) is 1.96. The van der Waals surface area contributed by atoms with Gasteiger partial charge in [-0.05, 0) is 25.7 Å². The number of hydrogen-bond donors (Lipinski definition) is 1. The Morgan fingerprint density at radius 1 is 1.50 bits per heavy atom. The summed E-state index contributed by atoms with van der Waals surface area (Å²) < 4.78 is 0.659. The van der Waals surface area contributed by atoms with Crippen LogP contribution in [0.25, 0.3) is 0 Å². The summed E-state index contributed by atoms with van der Waals surface area (Å²) in [5, 5.41) is 18.0. The van der Waals surface area contributed by atoms with Crippen LogP contribution < -0.4 is 0 Å². The lowest BCUT2D eigenvalue weighted by atomic mass is 9.86. The minimum Gasteiger partial charge on any atom is -0.375 e. The summed E-state index contributed by atoms with van der Waals surface area (Å²) >= 11 is 2.37. The van der Waals surface area contributed by atoms with Crippen LogP contribution in [0.5, 0.6) is 0 Å². The maximum absolute atomic E-state index is 9.43. The Bertz CT molecular complexity index is 155. The van der Waals surface area contributed by atoms with Crippen molar-refractivity contribution in [1.82, 2.24) is 0 Å². The topological polar surface area (TPSA) is 44.0 Å². The molecular weight excluding hydrogens is 241 g/mol. The molecule has 56 valence electrons. The molecule has 0 radical (unpaired) electrons. The van der Waals surface area contributed by atoms with Crippen molar-refractivity contribution in [3.8, 4) is 6.07 Å². The van der Waals surface area contributed by atoms with Gasteiger partial charge in [0.15, 0.2) is 5.60 Å². The quantitative estimate of drug-likeness (QED) is 0.404. The van der Waals surface area contributed by atoms with Crippen LogP contribution in [0, 0.1) is 11.3 Å². The molecule has 0 atom stereocenters. The first-order valence-electron chi connectivity index (χ1n) is 3.44. The predicted octanol–water partition coefficient (Wildman–Crippen LogP) is 1.62. The SMILES string of the molecule is N#CC1(O)CCC(I)CC1. The second kappa shape index (κ2) is 3.05. The van der Waals surface area contributed by atoms with E-state index in [0.717, 1.165) is 12.8 Å². The number of halogens is 1. The summed E-state index contributed by atoms with van der Waals surface area (Å²) in [6, 6.07) is 1.95. The molecule has 1 fully saturated rings. The van der Waals surface area contributed by atoms with Gasteiger partial charge in [-0.1, -0.05) is 22.6 Å². The van der Waals surface area contributed by atoms with Crippen molar-refractivity contribution in [2.75, 3.05) is 0 Å². The summed E-state index contributed by atoms with van der Waals surface area (Å²) in [6.45, 7) is 0. The molecule has 0 heterocycles. The normalized spacial score (nSPS) is 40.7. The Hall–Kier alpha value is 0.180. The lowest BCUT2D eigenvalue weighted by Crippen LogP contribution is -2.32. The van der Waals surface area contributed by atoms with Gasteiger partial charge in [-0.15, -0.1) is 0 Å². The van der Waals surface area contributed by atoms with Crippen LogP contribution in [0.3, 0.4) is 0 Å². The van der Waals surface area contributed by atoms with E-state index in [1.165, 1.54) is 0 Å². The number of alkyl halides is 1. The molecule has 0 aromatic rings. The number of nitrogens with zero attached hydrogens (tertiary/aromatic N) is 1. The third kappa shape index (κ3) is 1.83. The summed E-state index contributed by atoms with van der Waals surface area (Å²) in [7, 11) is 0. The minimum atomic E-state index is -0.998. The molecule has 0 amide bonds. The second-order valence-corrected chi connectivity index (χ2v) is 4.58. The molecule has 0 spiro atoms. The molecule has 10 heavy (non-hydrogen) atoms. The molecule has 0 bridgehead atoms. The van der Waals surface area contributed by atoms with Crippen LogP contribution in [0.2, 0.25) is 0 Å². The van der Waals surface area contributed by atoms with Crippen LogP contribution in [-0.2, 0) is 0 Å². The molecule has 1 aliphatic carbocycles. The van der Waals surface area contributed by atoms with E-state index in [-0.39, 0.29) is 0 Å². The smallest absolute Gasteiger partial charge is 0.151 e. The van der Waals surface area contributed by atoms with Gasteiger partial charge in [0.25, 0.3) is 0 Å². The van der Waals surface area contributed by atoms with E-state index < -0.39 is 5.60 Å². The molecule has 0 saturated heterocycles. The molecule has 0 unspecified atom stereocenters. The Kier molecular flexibility index (Phi) is 2.53. The lowest BCUT2D eigenvalue weighted by molar-refractivity contribution is 0.0618. The van der Waals surface area contributed by atoms with Crippen LogP contribution >= 0.6 is 22.6 Å². The van der Waals surface area contributed by atoms with E-state index in [2.05, 4.69) is 22.6 Å². The molecule has 2 nitrogen and oxygen atoms in total. The second-order valence-electron chi connectivity index (χ2n) is 2.82. The summed E-state index contributed by atoms with van der Waals surface area (Å²) in [6.07, 6.45) is 3.25. The lowest BCUT2D eigenvalue weighted by Gasteiger charge is -2.27. The third-order valence-corrected chi connectivity index (χ3v) is 3.20. The predicted molar refractivity (Wildman–Crippen MR) is 46.8 cm³/mol. The van der Waals surface area contributed by atoms with Gasteiger partial charge >= 0.3 is 0 Å². The third-order valence-electron chi connectivity index (χ3n) is 1.95. The van der Waals surface area contributed by atoms with Crippen molar-refractivity contribution >= 4 is 22.6 Å². The fourth-order valence-electron chi connectivity index (χ4n) is 1.17.